The Kier molecular flexibility index (Phi) is 7.28. The maximum atomic E-state index is 4.17. The molecule has 2 atom stereocenters. The van der Waals surface area contributed by atoms with Crippen molar-refractivity contribution in [1.82, 2.24) is 9.80 Å². The van der Waals surface area contributed by atoms with Gasteiger partial charge in [0.25, 0.3) is 0 Å². The topological polar surface area (TPSA) is 9.49 Å². The first-order valence-electron chi connectivity index (χ1n) is 8.22. The molecule has 20 heavy (non-hydrogen) atoms. The maximum Gasteiger partial charge on any atom is 0.161 e. The fraction of sp³-hybridized carbons (Fsp3) is 0.824. The molecule has 1 aliphatic rings. The van der Waals surface area contributed by atoms with E-state index in [1.165, 1.54) is 18.7 Å². The summed E-state index contributed by atoms with van der Waals surface area (Å²) in [6, 6.07) is 1.16. The Labute approximate surface area is 126 Å². The molecule has 0 aliphatic carbocycles. The van der Waals surface area contributed by atoms with Crippen LogP contribution in [0.5, 0.6) is 0 Å². The predicted molar refractivity (Wildman–Crippen MR) is 88.7 cm³/mol. The lowest BCUT2D eigenvalue weighted by Crippen LogP contribution is -2.53. The molecule has 1 aliphatic heterocycles. The molecule has 0 N–H and O–H groups in total. The smallest absolute Gasteiger partial charge is 0.161 e. The van der Waals surface area contributed by atoms with Crippen LogP contribution in [0.1, 0.15) is 47.5 Å². The maximum absolute atomic E-state index is 4.17. The molecule has 1 fully saturated rings. The molecule has 1 saturated heterocycles. The first-order valence-corrected chi connectivity index (χ1v) is 8.22. The summed E-state index contributed by atoms with van der Waals surface area (Å²) in [5.41, 5.74) is 1.44. The Hall–Kier alpha value is -0.830. The van der Waals surface area contributed by atoms with Crippen LogP contribution in [-0.2, 0) is 0 Å². The van der Waals surface area contributed by atoms with Crippen molar-refractivity contribution < 1.29 is 4.58 Å². The third-order valence-corrected chi connectivity index (χ3v) is 4.40. The minimum Gasteiger partial charge on any atom is -0.372 e. The average Bonchev–Trinajstić information content (AvgIpc) is 2.41. The van der Waals surface area contributed by atoms with Crippen LogP contribution in [0.25, 0.3) is 0 Å². The van der Waals surface area contributed by atoms with Gasteiger partial charge in [-0.3, -0.25) is 4.90 Å². The Balaban J connectivity index is 2.48. The third kappa shape index (κ3) is 4.93. The van der Waals surface area contributed by atoms with Crippen molar-refractivity contribution in [2.24, 2.45) is 0 Å². The SMILES string of the molecule is C=[N+](CCC)[C@@H](C)CN1CCN(/C(C)=C/CC)C[C@@H]1C. The number of piperazine rings is 1. The van der Waals surface area contributed by atoms with Crippen LogP contribution in [0, 0.1) is 0 Å². The molecule has 0 aromatic heterocycles. The van der Waals surface area contributed by atoms with Gasteiger partial charge in [0.05, 0.1) is 6.54 Å². The quantitative estimate of drug-likeness (QED) is 0.524. The molecule has 0 unspecified atom stereocenters. The molecule has 0 spiro atoms. The van der Waals surface area contributed by atoms with E-state index in [4.69, 9.17) is 0 Å². The summed E-state index contributed by atoms with van der Waals surface area (Å²) in [5, 5.41) is 0. The van der Waals surface area contributed by atoms with Crippen LogP contribution >= 0.6 is 0 Å². The zero-order valence-corrected chi connectivity index (χ0v) is 14.2. The molecule has 3 nitrogen and oxygen atoms in total. The zero-order chi connectivity index (χ0) is 15.1. The number of nitrogens with zero attached hydrogens (tertiary/aromatic N) is 3. The van der Waals surface area contributed by atoms with Gasteiger partial charge < -0.3 is 4.90 Å². The molecule has 3 heteroatoms. The lowest BCUT2D eigenvalue weighted by atomic mass is 10.1. The van der Waals surface area contributed by atoms with Crippen molar-refractivity contribution in [3.63, 3.8) is 0 Å². The summed E-state index contributed by atoms with van der Waals surface area (Å²) in [5.74, 6) is 0. The highest BCUT2D eigenvalue weighted by molar-refractivity contribution is 5.14. The molecule has 0 aromatic rings. The van der Waals surface area contributed by atoms with Gasteiger partial charge in [0.1, 0.15) is 13.3 Å². The van der Waals surface area contributed by atoms with Crippen molar-refractivity contribution >= 4 is 6.72 Å². The van der Waals surface area contributed by atoms with E-state index < -0.39 is 0 Å². The van der Waals surface area contributed by atoms with Gasteiger partial charge in [0.15, 0.2) is 6.04 Å². The summed E-state index contributed by atoms with van der Waals surface area (Å²) in [6.07, 6.45) is 4.65. The van der Waals surface area contributed by atoms with Gasteiger partial charge >= 0.3 is 0 Å². The Morgan fingerprint density at radius 1 is 1.40 bits per heavy atom. The van der Waals surface area contributed by atoms with E-state index in [1.807, 2.05) is 0 Å². The van der Waals surface area contributed by atoms with Crippen LogP contribution in [0.4, 0.5) is 0 Å². The molecule has 1 rings (SSSR count). The lowest BCUT2D eigenvalue weighted by Gasteiger charge is -2.41. The van der Waals surface area contributed by atoms with Crippen molar-refractivity contribution in [1.29, 1.82) is 0 Å². The van der Waals surface area contributed by atoms with Crippen molar-refractivity contribution in [2.45, 2.75) is 59.5 Å². The summed E-state index contributed by atoms with van der Waals surface area (Å²) < 4.78 is 2.24. The zero-order valence-electron chi connectivity index (χ0n) is 14.2. The fourth-order valence-corrected chi connectivity index (χ4v) is 2.97. The first-order chi connectivity index (χ1) is 9.49. The second-order valence-electron chi connectivity index (χ2n) is 6.21. The molecule has 0 aromatic carbocycles. The second-order valence-corrected chi connectivity index (χ2v) is 6.21. The van der Waals surface area contributed by atoms with Gasteiger partial charge in [-0.05, 0) is 27.2 Å². The van der Waals surface area contributed by atoms with Gasteiger partial charge in [-0.1, -0.05) is 19.9 Å². The van der Waals surface area contributed by atoms with Crippen molar-refractivity contribution in [2.75, 3.05) is 32.7 Å². The largest absolute Gasteiger partial charge is 0.372 e. The van der Waals surface area contributed by atoms with E-state index >= 15 is 0 Å². The number of allylic oxidation sites excluding steroid dienone is 2. The van der Waals surface area contributed by atoms with Crippen LogP contribution < -0.4 is 0 Å². The monoisotopic (exact) mass is 280 g/mol. The predicted octanol–water partition coefficient (Wildman–Crippen LogP) is 2.82. The molecule has 0 radical (unpaired) electrons. The minimum absolute atomic E-state index is 0.538. The highest BCUT2D eigenvalue weighted by atomic mass is 15.3. The molecule has 0 saturated carbocycles. The van der Waals surface area contributed by atoms with Crippen LogP contribution in [-0.4, -0.2) is 65.9 Å². The second kappa shape index (κ2) is 8.46. The Morgan fingerprint density at radius 3 is 2.65 bits per heavy atom. The first kappa shape index (κ1) is 17.2. The van der Waals surface area contributed by atoms with E-state index in [1.54, 1.807) is 0 Å². The minimum atomic E-state index is 0.538. The molecule has 0 amide bonds. The highest BCUT2D eigenvalue weighted by Crippen LogP contribution is 2.15. The standard InChI is InChI=1S/C17H34N3/c1-7-9-15(3)19-11-12-20(17(5)14-19)13-16(4)18(6)10-8-2/h9,16-17H,6-8,10-14H2,1-5H3/q+1/b15-9+/t16-,17-/m0/s1. The number of hydrogen-bond donors (Lipinski definition) is 0. The van der Waals surface area contributed by atoms with Gasteiger partial charge in [0, 0.05) is 37.8 Å². The van der Waals surface area contributed by atoms with Crippen molar-refractivity contribution in [3.8, 4) is 0 Å². The Morgan fingerprint density at radius 2 is 2.10 bits per heavy atom. The number of rotatable bonds is 7. The van der Waals surface area contributed by atoms with E-state index in [2.05, 4.69) is 61.8 Å². The van der Waals surface area contributed by atoms with Crippen LogP contribution in [0.15, 0.2) is 11.8 Å². The van der Waals surface area contributed by atoms with Gasteiger partial charge in [-0.15, -0.1) is 0 Å². The molecule has 0 bridgehead atoms. The van der Waals surface area contributed by atoms with Crippen LogP contribution in [0.3, 0.4) is 0 Å². The summed E-state index contributed by atoms with van der Waals surface area (Å²) in [4.78, 5) is 5.15. The molecule has 116 valence electrons. The highest BCUT2D eigenvalue weighted by Gasteiger charge is 2.27. The normalized spacial score (nSPS) is 22.9. The lowest BCUT2D eigenvalue weighted by molar-refractivity contribution is -0.555. The van der Waals surface area contributed by atoms with Gasteiger partial charge in [-0.2, -0.15) is 0 Å². The van der Waals surface area contributed by atoms with Gasteiger partial charge in [-0.25, -0.2) is 4.58 Å². The van der Waals surface area contributed by atoms with E-state index in [0.717, 1.165) is 32.6 Å². The van der Waals surface area contributed by atoms with E-state index in [9.17, 15) is 0 Å². The molecular formula is C17H34N3+. The fourth-order valence-electron chi connectivity index (χ4n) is 2.97. The third-order valence-electron chi connectivity index (χ3n) is 4.40. The van der Waals surface area contributed by atoms with E-state index in [-0.39, 0.29) is 0 Å². The van der Waals surface area contributed by atoms with Crippen molar-refractivity contribution in [3.05, 3.63) is 11.8 Å². The van der Waals surface area contributed by atoms with E-state index in [0.29, 0.717) is 12.1 Å². The number of hydrogen-bond acceptors (Lipinski definition) is 2. The van der Waals surface area contributed by atoms with Gasteiger partial charge in [0.2, 0.25) is 0 Å². The summed E-state index contributed by atoms with van der Waals surface area (Å²) >= 11 is 0. The summed E-state index contributed by atoms with van der Waals surface area (Å²) in [6.45, 7) is 21.2. The average molecular weight is 280 g/mol. The van der Waals surface area contributed by atoms with Crippen LogP contribution in [0.2, 0.25) is 0 Å². The molecular weight excluding hydrogens is 246 g/mol. The molecule has 1 heterocycles. The summed E-state index contributed by atoms with van der Waals surface area (Å²) in [7, 11) is 0. The Bertz CT molecular complexity index is 335.